The van der Waals surface area contributed by atoms with E-state index in [9.17, 15) is 0 Å². The lowest BCUT2D eigenvalue weighted by molar-refractivity contribution is 0.810. The molecule has 3 rings (SSSR count). The summed E-state index contributed by atoms with van der Waals surface area (Å²) in [6.45, 7) is 4.26. The second-order valence-corrected chi connectivity index (χ2v) is 5.80. The van der Waals surface area contributed by atoms with Gasteiger partial charge in [0.15, 0.2) is 0 Å². The lowest BCUT2D eigenvalue weighted by Gasteiger charge is -2.00. The maximum atomic E-state index is 5.73. The van der Waals surface area contributed by atoms with Crippen LogP contribution in [0.3, 0.4) is 0 Å². The maximum absolute atomic E-state index is 5.73. The third-order valence-electron chi connectivity index (χ3n) is 3.52. The van der Waals surface area contributed by atoms with Gasteiger partial charge >= 0.3 is 0 Å². The van der Waals surface area contributed by atoms with Gasteiger partial charge in [-0.1, -0.05) is 62.4 Å². The molecule has 1 heterocycles. The molecule has 0 saturated carbocycles. The van der Waals surface area contributed by atoms with E-state index in [1.165, 1.54) is 5.69 Å². The van der Waals surface area contributed by atoms with Crippen molar-refractivity contribution in [1.82, 2.24) is 10.2 Å². The molecule has 24 heavy (non-hydrogen) atoms. The zero-order chi connectivity index (χ0) is 17.4. The van der Waals surface area contributed by atoms with Gasteiger partial charge in [0, 0.05) is 11.9 Å². The van der Waals surface area contributed by atoms with Gasteiger partial charge in [0.1, 0.15) is 0 Å². The van der Waals surface area contributed by atoms with Crippen LogP contribution in [-0.4, -0.2) is 10.2 Å². The molecule has 4 heteroatoms. The van der Waals surface area contributed by atoms with Gasteiger partial charge in [0.2, 0.25) is 0 Å². The minimum absolute atomic E-state index is 0.567. The van der Waals surface area contributed by atoms with E-state index < -0.39 is 0 Å². The van der Waals surface area contributed by atoms with Crippen molar-refractivity contribution in [3.8, 4) is 0 Å². The van der Waals surface area contributed by atoms with Crippen LogP contribution in [0.15, 0.2) is 60.8 Å². The Bertz CT molecular complexity index is 760. The summed E-state index contributed by atoms with van der Waals surface area (Å²) in [5.74, 6) is 0.567. The fourth-order valence-electron chi connectivity index (χ4n) is 2.04. The first kappa shape index (κ1) is 17.3. The number of hydrogen-bond acceptors (Lipinski definition) is 3. The van der Waals surface area contributed by atoms with E-state index in [0.717, 1.165) is 11.1 Å². The monoisotopic (exact) mass is 320 g/mol. The number of aromatic nitrogens is 2. The van der Waals surface area contributed by atoms with Crippen molar-refractivity contribution < 1.29 is 0 Å². The Morgan fingerprint density at radius 3 is 2.12 bits per heavy atom. The van der Waals surface area contributed by atoms with Crippen molar-refractivity contribution in [1.29, 1.82) is 0 Å². The molecule has 0 fully saturated rings. The number of nitrogens with one attached hydrogen (secondary N) is 1. The normalized spacial score (nSPS) is 10.6. The Hall–Kier alpha value is -3.01. The number of nitrogen functional groups attached to an aromatic ring is 2. The number of nitrogens with two attached hydrogens (primary N) is 2. The third-order valence-corrected chi connectivity index (χ3v) is 3.52. The fourth-order valence-corrected chi connectivity index (χ4v) is 2.04. The highest BCUT2D eigenvalue weighted by molar-refractivity contribution is 5.74. The van der Waals surface area contributed by atoms with Crippen LogP contribution in [0.25, 0.3) is 12.2 Å². The van der Waals surface area contributed by atoms with Crippen LogP contribution < -0.4 is 11.5 Å². The van der Waals surface area contributed by atoms with Crippen LogP contribution in [0, 0.1) is 0 Å². The number of nitrogens with zero attached hydrogens (tertiary/aromatic N) is 1. The number of aromatic amines is 1. The van der Waals surface area contributed by atoms with E-state index in [4.69, 9.17) is 11.5 Å². The van der Waals surface area contributed by atoms with E-state index in [0.29, 0.717) is 17.3 Å². The topological polar surface area (TPSA) is 80.7 Å². The molecular formula is C20H24N4. The highest BCUT2D eigenvalue weighted by atomic mass is 15.1. The van der Waals surface area contributed by atoms with Gasteiger partial charge < -0.3 is 11.5 Å². The Morgan fingerprint density at radius 2 is 1.58 bits per heavy atom. The molecule has 0 radical (unpaired) electrons. The van der Waals surface area contributed by atoms with E-state index in [1.807, 2.05) is 54.6 Å². The van der Waals surface area contributed by atoms with Gasteiger partial charge in [-0.05, 0) is 35.2 Å². The predicted octanol–water partition coefficient (Wildman–Crippen LogP) is 4.55. The van der Waals surface area contributed by atoms with Gasteiger partial charge in [0.25, 0.3) is 0 Å². The van der Waals surface area contributed by atoms with Crippen LogP contribution >= 0.6 is 0 Å². The Balaban J connectivity index is 0.000000219. The maximum Gasteiger partial charge on any atom is 0.0553 e. The largest absolute Gasteiger partial charge is 0.397 e. The molecule has 0 spiro atoms. The molecule has 0 amide bonds. The quantitative estimate of drug-likeness (QED) is 0.489. The molecule has 0 unspecified atom stereocenters. The molecule has 5 N–H and O–H groups in total. The smallest absolute Gasteiger partial charge is 0.0553 e. The highest BCUT2D eigenvalue weighted by Gasteiger charge is 1.96. The summed E-state index contributed by atoms with van der Waals surface area (Å²) in [5.41, 5.74) is 16.0. The first-order valence-corrected chi connectivity index (χ1v) is 7.93. The molecule has 0 bridgehead atoms. The molecule has 3 aromatic rings. The van der Waals surface area contributed by atoms with Crippen molar-refractivity contribution in [3.63, 3.8) is 0 Å². The SMILES string of the molecule is CC(C)c1ccn[nH]1.Nc1ccc(C=Cc2ccccc2)cc1N. The van der Waals surface area contributed by atoms with Crippen LogP contribution in [0.5, 0.6) is 0 Å². The van der Waals surface area contributed by atoms with E-state index in [2.05, 4.69) is 36.2 Å². The summed E-state index contributed by atoms with van der Waals surface area (Å²) in [6, 6.07) is 17.8. The van der Waals surface area contributed by atoms with Crippen LogP contribution in [0.2, 0.25) is 0 Å². The number of rotatable bonds is 3. The standard InChI is InChI=1S/C14H14N2.C6H10N2/c15-13-9-8-12(10-14(13)16)7-6-11-4-2-1-3-5-11;1-5(2)6-3-4-7-8-6/h1-10H,15-16H2;3-5H,1-2H3,(H,7,8). The second-order valence-electron chi connectivity index (χ2n) is 5.80. The summed E-state index contributed by atoms with van der Waals surface area (Å²) in [6.07, 6.45) is 5.84. The molecule has 0 aliphatic rings. The predicted molar refractivity (Wildman–Crippen MR) is 103 cm³/mol. The van der Waals surface area contributed by atoms with Gasteiger partial charge in [-0.3, -0.25) is 5.10 Å². The van der Waals surface area contributed by atoms with Crippen LogP contribution in [0.1, 0.15) is 36.6 Å². The Labute approximate surface area is 143 Å². The molecule has 1 aromatic heterocycles. The molecule has 0 saturated heterocycles. The van der Waals surface area contributed by atoms with Gasteiger partial charge in [-0.15, -0.1) is 0 Å². The minimum Gasteiger partial charge on any atom is -0.397 e. The molecule has 124 valence electrons. The summed E-state index contributed by atoms with van der Waals surface area (Å²) in [7, 11) is 0. The lowest BCUT2D eigenvalue weighted by atomic mass is 10.1. The summed E-state index contributed by atoms with van der Waals surface area (Å²) < 4.78 is 0. The number of H-pyrrole nitrogens is 1. The van der Waals surface area contributed by atoms with Gasteiger partial charge in [-0.2, -0.15) is 5.10 Å². The average Bonchev–Trinajstić information content (AvgIpc) is 3.12. The van der Waals surface area contributed by atoms with Crippen LogP contribution in [-0.2, 0) is 0 Å². The first-order chi connectivity index (χ1) is 11.6. The number of benzene rings is 2. The average molecular weight is 320 g/mol. The van der Waals surface area contributed by atoms with E-state index in [1.54, 1.807) is 6.20 Å². The molecule has 4 nitrogen and oxygen atoms in total. The summed E-state index contributed by atoms with van der Waals surface area (Å²) >= 11 is 0. The van der Waals surface area contributed by atoms with Gasteiger partial charge in [0.05, 0.1) is 11.4 Å². The first-order valence-electron chi connectivity index (χ1n) is 7.93. The Kier molecular flexibility index (Phi) is 6.20. The lowest BCUT2D eigenvalue weighted by Crippen LogP contribution is -1.93. The fraction of sp³-hybridized carbons (Fsp3) is 0.150. The highest BCUT2D eigenvalue weighted by Crippen LogP contribution is 2.17. The van der Waals surface area contributed by atoms with Gasteiger partial charge in [-0.25, -0.2) is 0 Å². The summed E-state index contributed by atoms with van der Waals surface area (Å²) in [4.78, 5) is 0. The zero-order valence-corrected chi connectivity index (χ0v) is 14.1. The minimum atomic E-state index is 0.567. The van der Waals surface area contributed by atoms with Crippen LogP contribution in [0.4, 0.5) is 11.4 Å². The van der Waals surface area contributed by atoms with Crippen molar-refractivity contribution in [2.45, 2.75) is 19.8 Å². The number of hydrogen-bond donors (Lipinski definition) is 3. The van der Waals surface area contributed by atoms with Crippen molar-refractivity contribution in [2.75, 3.05) is 11.5 Å². The van der Waals surface area contributed by atoms with E-state index >= 15 is 0 Å². The second kappa shape index (κ2) is 8.58. The molecule has 0 aliphatic carbocycles. The van der Waals surface area contributed by atoms with E-state index in [-0.39, 0.29) is 0 Å². The zero-order valence-electron chi connectivity index (χ0n) is 14.1. The molecule has 2 aromatic carbocycles. The van der Waals surface area contributed by atoms with Crippen molar-refractivity contribution >= 4 is 23.5 Å². The molecule has 0 atom stereocenters. The van der Waals surface area contributed by atoms with Crippen molar-refractivity contribution in [2.24, 2.45) is 0 Å². The molecule has 0 aliphatic heterocycles. The van der Waals surface area contributed by atoms with Crippen molar-refractivity contribution in [3.05, 3.63) is 77.6 Å². The molecular weight excluding hydrogens is 296 g/mol. The number of anilines is 2. The summed E-state index contributed by atoms with van der Waals surface area (Å²) in [5, 5.41) is 6.70. The Morgan fingerprint density at radius 1 is 0.875 bits per heavy atom. The third kappa shape index (κ3) is 5.32.